The number of fused-ring (bicyclic) bond motifs is 1. The second-order valence-corrected chi connectivity index (χ2v) is 5.39. The van der Waals surface area contributed by atoms with E-state index in [1.54, 1.807) is 18.2 Å². The maximum atomic E-state index is 12.2. The molecule has 0 aliphatic carbocycles. The number of imidazole rings is 1. The van der Waals surface area contributed by atoms with Gasteiger partial charge in [-0.05, 0) is 30.7 Å². The van der Waals surface area contributed by atoms with Crippen molar-refractivity contribution in [3.63, 3.8) is 0 Å². The molecular formula is C17H14N4O3. The summed E-state index contributed by atoms with van der Waals surface area (Å²) in [6, 6.07) is 8.97. The standard InChI is InChI=1S/C17H14N4O3/c1-11-4-2-6-21-10-12(19-16(11)21)9-18-17(22)13-8-15(24-20-13)14-5-3-7-23-14/h2-8,10H,9H2,1H3,(H,18,22). The lowest BCUT2D eigenvalue weighted by Crippen LogP contribution is -2.23. The molecule has 0 spiro atoms. The fourth-order valence-corrected chi connectivity index (χ4v) is 2.47. The Labute approximate surface area is 136 Å². The van der Waals surface area contributed by atoms with Crippen molar-refractivity contribution in [3.8, 4) is 11.5 Å². The third kappa shape index (κ3) is 2.56. The quantitative estimate of drug-likeness (QED) is 0.624. The number of hydrogen-bond acceptors (Lipinski definition) is 5. The molecule has 4 heterocycles. The summed E-state index contributed by atoms with van der Waals surface area (Å²) >= 11 is 0. The SMILES string of the molecule is Cc1cccn2cc(CNC(=O)c3cc(-c4ccco4)on3)nc12. The van der Waals surface area contributed by atoms with Gasteiger partial charge in [0.15, 0.2) is 11.5 Å². The van der Waals surface area contributed by atoms with Gasteiger partial charge in [-0.25, -0.2) is 4.98 Å². The number of nitrogens with one attached hydrogen (secondary N) is 1. The van der Waals surface area contributed by atoms with E-state index in [2.05, 4.69) is 15.5 Å². The Bertz CT molecular complexity index is 998. The van der Waals surface area contributed by atoms with Crippen LogP contribution in [0.1, 0.15) is 21.7 Å². The van der Waals surface area contributed by atoms with Gasteiger partial charge in [-0.1, -0.05) is 11.2 Å². The van der Waals surface area contributed by atoms with Crippen LogP contribution in [0.25, 0.3) is 17.2 Å². The van der Waals surface area contributed by atoms with Gasteiger partial charge < -0.3 is 18.7 Å². The van der Waals surface area contributed by atoms with E-state index in [0.717, 1.165) is 16.9 Å². The molecule has 4 aromatic rings. The van der Waals surface area contributed by atoms with Crippen LogP contribution in [0, 0.1) is 6.92 Å². The first-order valence-corrected chi connectivity index (χ1v) is 7.43. The molecule has 1 amide bonds. The summed E-state index contributed by atoms with van der Waals surface area (Å²) in [5, 5.41) is 6.55. The van der Waals surface area contributed by atoms with Crippen molar-refractivity contribution in [2.24, 2.45) is 0 Å². The van der Waals surface area contributed by atoms with E-state index in [9.17, 15) is 4.79 Å². The van der Waals surface area contributed by atoms with Crippen molar-refractivity contribution < 1.29 is 13.7 Å². The first-order valence-electron chi connectivity index (χ1n) is 7.43. The highest BCUT2D eigenvalue weighted by molar-refractivity contribution is 5.92. The highest BCUT2D eigenvalue weighted by Crippen LogP contribution is 2.20. The number of furan rings is 1. The number of carbonyl (C=O) groups is 1. The molecule has 0 fully saturated rings. The van der Waals surface area contributed by atoms with Crippen LogP contribution in [0.3, 0.4) is 0 Å². The van der Waals surface area contributed by atoms with Gasteiger partial charge in [0.05, 0.1) is 18.5 Å². The predicted molar refractivity (Wildman–Crippen MR) is 85.3 cm³/mol. The van der Waals surface area contributed by atoms with Gasteiger partial charge in [-0.2, -0.15) is 0 Å². The van der Waals surface area contributed by atoms with Crippen molar-refractivity contribution >= 4 is 11.6 Å². The molecule has 7 nitrogen and oxygen atoms in total. The third-order valence-electron chi connectivity index (χ3n) is 3.66. The van der Waals surface area contributed by atoms with Crippen molar-refractivity contribution in [3.05, 3.63) is 65.9 Å². The number of carbonyl (C=O) groups excluding carboxylic acids is 1. The van der Waals surface area contributed by atoms with Gasteiger partial charge in [0, 0.05) is 18.5 Å². The van der Waals surface area contributed by atoms with Gasteiger partial charge in [-0.3, -0.25) is 4.79 Å². The molecule has 0 atom stereocenters. The zero-order valence-electron chi connectivity index (χ0n) is 12.9. The third-order valence-corrected chi connectivity index (χ3v) is 3.66. The molecule has 0 bridgehead atoms. The van der Waals surface area contributed by atoms with E-state index in [4.69, 9.17) is 8.94 Å². The molecule has 1 N–H and O–H groups in total. The number of hydrogen-bond donors (Lipinski definition) is 1. The van der Waals surface area contributed by atoms with Gasteiger partial charge >= 0.3 is 0 Å². The minimum Gasteiger partial charge on any atom is -0.461 e. The summed E-state index contributed by atoms with van der Waals surface area (Å²) in [6.45, 7) is 2.30. The van der Waals surface area contributed by atoms with Crippen molar-refractivity contribution in [2.75, 3.05) is 0 Å². The Morgan fingerprint density at radius 3 is 3.00 bits per heavy atom. The second kappa shape index (κ2) is 5.69. The van der Waals surface area contributed by atoms with E-state index in [-0.39, 0.29) is 11.6 Å². The Balaban J connectivity index is 1.47. The lowest BCUT2D eigenvalue weighted by atomic mass is 10.3. The molecule has 0 radical (unpaired) electrons. The number of aromatic nitrogens is 3. The van der Waals surface area contributed by atoms with E-state index in [0.29, 0.717) is 18.1 Å². The first-order chi connectivity index (χ1) is 11.7. The molecule has 0 unspecified atom stereocenters. The Morgan fingerprint density at radius 2 is 2.21 bits per heavy atom. The van der Waals surface area contributed by atoms with E-state index in [1.165, 1.54) is 6.26 Å². The van der Waals surface area contributed by atoms with Crippen molar-refractivity contribution in [1.29, 1.82) is 0 Å². The van der Waals surface area contributed by atoms with Gasteiger partial charge in [0.25, 0.3) is 5.91 Å². The van der Waals surface area contributed by atoms with Crippen LogP contribution in [-0.4, -0.2) is 20.4 Å². The molecule has 24 heavy (non-hydrogen) atoms. The van der Waals surface area contributed by atoms with Crippen molar-refractivity contribution in [2.45, 2.75) is 13.5 Å². The van der Waals surface area contributed by atoms with E-state index in [1.807, 2.05) is 35.9 Å². The average Bonchev–Trinajstić information content (AvgIpc) is 3.30. The maximum absolute atomic E-state index is 12.2. The molecule has 120 valence electrons. The Hall–Kier alpha value is -3.35. The van der Waals surface area contributed by atoms with E-state index < -0.39 is 0 Å². The molecule has 0 saturated heterocycles. The average molecular weight is 322 g/mol. The fraction of sp³-hybridized carbons (Fsp3) is 0.118. The summed E-state index contributed by atoms with van der Waals surface area (Å²) in [5.41, 5.74) is 2.92. The van der Waals surface area contributed by atoms with Gasteiger partial charge in [-0.15, -0.1) is 0 Å². The molecule has 0 aromatic carbocycles. The summed E-state index contributed by atoms with van der Waals surface area (Å²) in [7, 11) is 0. The molecular weight excluding hydrogens is 308 g/mol. The number of nitrogens with zero attached hydrogens (tertiary/aromatic N) is 3. The lowest BCUT2D eigenvalue weighted by Gasteiger charge is -1.98. The summed E-state index contributed by atoms with van der Waals surface area (Å²) in [4.78, 5) is 16.7. The maximum Gasteiger partial charge on any atom is 0.273 e. The van der Waals surface area contributed by atoms with Crippen LogP contribution in [0.5, 0.6) is 0 Å². The molecule has 7 heteroatoms. The molecule has 0 aliphatic rings. The molecule has 0 aliphatic heterocycles. The predicted octanol–water partition coefficient (Wildman–Crippen LogP) is 2.82. The normalized spacial score (nSPS) is 11.0. The van der Waals surface area contributed by atoms with Crippen LogP contribution >= 0.6 is 0 Å². The van der Waals surface area contributed by atoms with Crippen LogP contribution in [0.4, 0.5) is 0 Å². The Kier molecular flexibility index (Phi) is 3.38. The number of aryl methyl sites for hydroxylation is 1. The number of pyridine rings is 1. The smallest absolute Gasteiger partial charge is 0.273 e. The molecule has 0 saturated carbocycles. The second-order valence-electron chi connectivity index (χ2n) is 5.39. The zero-order valence-corrected chi connectivity index (χ0v) is 12.9. The summed E-state index contributed by atoms with van der Waals surface area (Å²) < 4.78 is 12.3. The van der Waals surface area contributed by atoms with Crippen LogP contribution < -0.4 is 5.32 Å². The van der Waals surface area contributed by atoms with Gasteiger partial charge in [0.1, 0.15) is 5.65 Å². The lowest BCUT2D eigenvalue weighted by molar-refractivity contribution is 0.0941. The number of amides is 1. The minimum atomic E-state index is -0.328. The summed E-state index contributed by atoms with van der Waals surface area (Å²) in [5.74, 6) is 0.608. The monoisotopic (exact) mass is 322 g/mol. The van der Waals surface area contributed by atoms with Crippen LogP contribution in [-0.2, 0) is 6.54 Å². The summed E-state index contributed by atoms with van der Waals surface area (Å²) in [6.07, 6.45) is 5.34. The first kappa shape index (κ1) is 14.3. The minimum absolute atomic E-state index is 0.196. The topological polar surface area (TPSA) is 85.6 Å². The highest BCUT2D eigenvalue weighted by atomic mass is 16.5. The van der Waals surface area contributed by atoms with Crippen LogP contribution in [0.2, 0.25) is 0 Å². The zero-order chi connectivity index (χ0) is 16.5. The fourth-order valence-electron chi connectivity index (χ4n) is 2.47. The molecule has 4 aromatic heterocycles. The van der Waals surface area contributed by atoms with Gasteiger partial charge in [0.2, 0.25) is 5.76 Å². The van der Waals surface area contributed by atoms with Crippen LogP contribution in [0.15, 0.2) is 57.9 Å². The van der Waals surface area contributed by atoms with Crippen molar-refractivity contribution in [1.82, 2.24) is 19.9 Å². The van der Waals surface area contributed by atoms with E-state index >= 15 is 0 Å². The highest BCUT2D eigenvalue weighted by Gasteiger charge is 2.15. The molecule has 4 rings (SSSR count). The largest absolute Gasteiger partial charge is 0.461 e. The Morgan fingerprint density at radius 1 is 1.29 bits per heavy atom. The number of rotatable bonds is 4.